The smallest absolute Gasteiger partial charge is 0.303 e. The fourth-order valence-corrected chi connectivity index (χ4v) is 7.44. The van der Waals surface area contributed by atoms with Crippen LogP contribution in [0, 0.1) is 34.5 Å². The van der Waals surface area contributed by atoms with Crippen LogP contribution in [0.15, 0.2) is 11.6 Å². The Morgan fingerprint density at radius 1 is 1.15 bits per heavy atom. The van der Waals surface area contributed by atoms with E-state index in [1.54, 1.807) is 0 Å². The van der Waals surface area contributed by atoms with E-state index in [9.17, 15) is 14.7 Å². The monoisotopic (exact) mass is 374 g/mol. The second-order valence-corrected chi connectivity index (χ2v) is 10.1. The zero-order chi connectivity index (χ0) is 19.4. The maximum Gasteiger partial charge on any atom is 0.303 e. The molecule has 4 aliphatic carbocycles. The minimum Gasteiger partial charge on any atom is -0.458 e. The van der Waals surface area contributed by atoms with Crippen molar-refractivity contribution in [2.24, 2.45) is 34.5 Å². The number of hydrogen-bond acceptors (Lipinski definition) is 4. The molecule has 0 heterocycles. The third-order valence-electron chi connectivity index (χ3n) is 8.88. The van der Waals surface area contributed by atoms with Crippen LogP contribution in [0.3, 0.4) is 0 Å². The van der Waals surface area contributed by atoms with Gasteiger partial charge in [0.2, 0.25) is 0 Å². The maximum absolute atomic E-state index is 12.8. The molecular weight excluding hydrogens is 340 g/mol. The van der Waals surface area contributed by atoms with Crippen LogP contribution in [0.1, 0.15) is 72.1 Å². The first-order chi connectivity index (χ1) is 12.8. The number of fused-ring (bicyclic) bond motifs is 5. The van der Waals surface area contributed by atoms with E-state index in [0.717, 1.165) is 44.9 Å². The van der Waals surface area contributed by atoms with Gasteiger partial charge in [0.15, 0.2) is 5.78 Å². The van der Waals surface area contributed by atoms with Crippen molar-refractivity contribution in [1.29, 1.82) is 0 Å². The number of aliphatic hydroxyl groups excluding tert-OH is 1. The van der Waals surface area contributed by atoms with E-state index in [1.165, 1.54) is 18.9 Å². The van der Waals surface area contributed by atoms with Crippen LogP contribution in [-0.2, 0) is 14.3 Å². The molecule has 3 saturated carbocycles. The van der Waals surface area contributed by atoms with Crippen molar-refractivity contribution in [3.05, 3.63) is 11.6 Å². The summed E-state index contributed by atoms with van der Waals surface area (Å²) in [6.45, 7) is 6.06. The molecule has 0 aromatic rings. The highest BCUT2D eigenvalue weighted by molar-refractivity contribution is 5.85. The third kappa shape index (κ3) is 2.99. The molecule has 0 bridgehead atoms. The van der Waals surface area contributed by atoms with Gasteiger partial charge in [-0.1, -0.05) is 25.5 Å². The number of esters is 1. The van der Waals surface area contributed by atoms with Gasteiger partial charge >= 0.3 is 5.97 Å². The normalized spacial score (nSPS) is 45.9. The van der Waals surface area contributed by atoms with Gasteiger partial charge in [0.05, 0.1) is 6.10 Å². The Morgan fingerprint density at radius 3 is 2.67 bits per heavy atom. The number of hydrogen-bond donors (Lipinski definition) is 1. The van der Waals surface area contributed by atoms with Gasteiger partial charge in [0, 0.05) is 12.8 Å². The molecule has 4 aliphatic rings. The number of rotatable bonds is 3. The van der Waals surface area contributed by atoms with Crippen molar-refractivity contribution in [2.75, 3.05) is 6.61 Å². The van der Waals surface area contributed by atoms with Gasteiger partial charge in [-0.15, -0.1) is 0 Å². The van der Waals surface area contributed by atoms with Crippen LogP contribution in [0.4, 0.5) is 0 Å². The van der Waals surface area contributed by atoms with E-state index in [4.69, 9.17) is 4.74 Å². The molecule has 27 heavy (non-hydrogen) atoms. The Hall–Kier alpha value is -1.16. The van der Waals surface area contributed by atoms with Gasteiger partial charge in [-0.2, -0.15) is 0 Å². The second-order valence-electron chi connectivity index (χ2n) is 10.1. The molecule has 0 aromatic carbocycles. The van der Waals surface area contributed by atoms with E-state index < -0.39 is 0 Å². The summed E-state index contributed by atoms with van der Waals surface area (Å²) in [5.41, 5.74) is 1.78. The first-order valence-corrected chi connectivity index (χ1v) is 10.8. The van der Waals surface area contributed by atoms with Gasteiger partial charge in [0.1, 0.15) is 6.61 Å². The Labute approximate surface area is 162 Å². The molecule has 3 fully saturated rings. The lowest BCUT2D eigenvalue weighted by molar-refractivity contribution is -0.149. The summed E-state index contributed by atoms with van der Waals surface area (Å²) in [5.74, 6) is 1.71. The summed E-state index contributed by atoms with van der Waals surface area (Å²) < 4.78 is 5.02. The van der Waals surface area contributed by atoms with Gasteiger partial charge in [-0.3, -0.25) is 9.59 Å². The van der Waals surface area contributed by atoms with Crippen LogP contribution < -0.4 is 0 Å². The summed E-state index contributed by atoms with van der Waals surface area (Å²) in [7, 11) is 0. The quantitative estimate of drug-likeness (QED) is 0.598. The van der Waals surface area contributed by atoms with Gasteiger partial charge in [-0.25, -0.2) is 0 Å². The minimum atomic E-state index is -0.371. The highest BCUT2D eigenvalue weighted by Crippen LogP contribution is 2.66. The van der Waals surface area contributed by atoms with Gasteiger partial charge in [-0.05, 0) is 80.0 Å². The van der Waals surface area contributed by atoms with E-state index in [0.29, 0.717) is 17.8 Å². The number of allylic oxidation sites excluding steroid dienone is 1. The molecule has 0 saturated heterocycles. The topological polar surface area (TPSA) is 63.6 Å². The van der Waals surface area contributed by atoms with E-state index >= 15 is 0 Å². The first-order valence-electron chi connectivity index (χ1n) is 10.8. The molecule has 150 valence electrons. The summed E-state index contributed by atoms with van der Waals surface area (Å²) >= 11 is 0. The molecule has 0 unspecified atom stereocenters. The largest absolute Gasteiger partial charge is 0.458 e. The molecule has 0 radical (unpaired) electrons. The molecular formula is C23H34O4. The first kappa shape index (κ1) is 19.2. The summed E-state index contributed by atoms with van der Waals surface area (Å²) in [4.78, 5) is 23.9. The van der Waals surface area contributed by atoms with Crippen molar-refractivity contribution in [2.45, 2.75) is 78.2 Å². The average molecular weight is 375 g/mol. The van der Waals surface area contributed by atoms with Crippen molar-refractivity contribution < 1.29 is 19.4 Å². The van der Waals surface area contributed by atoms with Crippen molar-refractivity contribution in [3.63, 3.8) is 0 Å². The summed E-state index contributed by atoms with van der Waals surface area (Å²) in [6.07, 6.45) is 10.6. The zero-order valence-electron chi connectivity index (χ0n) is 17.0. The Balaban J connectivity index is 1.55. The van der Waals surface area contributed by atoms with Crippen LogP contribution >= 0.6 is 0 Å². The van der Waals surface area contributed by atoms with Crippen LogP contribution in [-0.4, -0.2) is 29.6 Å². The lowest BCUT2D eigenvalue weighted by atomic mass is 9.47. The Bertz CT molecular complexity index is 667. The van der Waals surface area contributed by atoms with Crippen molar-refractivity contribution in [3.8, 4) is 0 Å². The zero-order valence-corrected chi connectivity index (χ0v) is 17.0. The Morgan fingerprint density at radius 2 is 1.93 bits per heavy atom. The minimum absolute atomic E-state index is 0.0363. The van der Waals surface area contributed by atoms with Crippen molar-refractivity contribution >= 4 is 11.8 Å². The van der Waals surface area contributed by atoms with E-state index in [1.807, 2.05) is 0 Å². The molecule has 4 nitrogen and oxygen atoms in total. The highest BCUT2D eigenvalue weighted by atomic mass is 16.5. The average Bonchev–Trinajstić information content (AvgIpc) is 2.97. The van der Waals surface area contributed by atoms with Crippen LogP contribution in [0.2, 0.25) is 0 Å². The molecule has 0 aliphatic heterocycles. The fourth-order valence-electron chi connectivity index (χ4n) is 7.44. The predicted octanol–water partition coefficient (Wildman–Crippen LogP) is 4.06. The summed E-state index contributed by atoms with van der Waals surface area (Å²) in [5, 5.41) is 10.1. The molecule has 4 rings (SSSR count). The molecule has 0 amide bonds. The molecule has 1 N–H and O–H groups in total. The number of Topliss-reactive ketones (excluding diaryl/α,β-unsaturated/α-hetero) is 1. The highest BCUT2D eigenvalue weighted by Gasteiger charge is 2.59. The standard InChI is InChI=1S/C23H34O4/c1-14(24)27-13-21(26)20-7-6-18-17-5-4-15-12-16(25)8-10-22(15,2)19(17)9-11-23(18,20)3/h4,16-20,25H,5-13H2,1-3H3/t16-,17+,18-,19+,20+,22-,23-/m0/s1. The van der Waals surface area contributed by atoms with Gasteiger partial charge in [0.25, 0.3) is 0 Å². The van der Waals surface area contributed by atoms with Crippen LogP contribution in [0.25, 0.3) is 0 Å². The second kappa shape index (κ2) is 6.72. The van der Waals surface area contributed by atoms with E-state index in [-0.39, 0.29) is 41.2 Å². The SMILES string of the molecule is CC(=O)OCC(=O)[C@H]1CC[C@H]2[C@H]3CC=C4C[C@@H](O)CC[C@]4(C)[C@@H]3CC[C@]12C. The molecule has 0 spiro atoms. The lowest BCUT2D eigenvalue weighted by Crippen LogP contribution is -2.51. The Kier molecular flexibility index (Phi) is 4.77. The number of ether oxygens (including phenoxy) is 1. The number of aliphatic hydroxyl groups is 1. The predicted molar refractivity (Wildman–Crippen MR) is 103 cm³/mol. The van der Waals surface area contributed by atoms with E-state index in [2.05, 4.69) is 19.9 Å². The molecule has 7 atom stereocenters. The number of carbonyl (C=O) groups excluding carboxylic acids is 2. The third-order valence-corrected chi connectivity index (χ3v) is 8.88. The number of carbonyl (C=O) groups is 2. The lowest BCUT2D eigenvalue weighted by Gasteiger charge is -2.57. The number of ketones is 1. The van der Waals surface area contributed by atoms with Gasteiger partial charge < -0.3 is 9.84 Å². The summed E-state index contributed by atoms with van der Waals surface area (Å²) in [6, 6.07) is 0. The molecule has 4 heteroatoms. The fraction of sp³-hybridized carbons (Fsp3) is 0.826. The van der Waals surface area contributed by atoms with Crippen molar-refractivity contribution in [1.82, 2.24) is 0 Å². The molecule has 0 aromatic heterocycles. The van der Waals surface area contributed by atoms with Crippen LogP contribution in [0.5, 0.6) is 0 Å². The maximum atomic E-state index is 12.8.